The standard InChI is InChI=1S/C19H21FO3/c1-13(2)16-9-8-14(3)10-18(16)22-12-19(21)23-11-15-6-4-5-7-17(15)20/h4-10,13H,11-12H2,1-3H3. The zero-order valence-corrected chi connectivity index (χ0v) is 13.6. The van der Waals surface area contributed by atoms with Gasteiger partial charge in [-0.25, -0.2) is 9.18 Å². The molecule has 2 aromatic rings. The number of hydrogen-bond donors (Lipinski definition) is 0. The SMILES string of the molecule is Cc1ccc(C(C)C)c(OCC(=O)OCc2ccccc2F)c1. The Kier molecular flexibility index (Phi) is 5.74. The van der Waals surface area contributed by atoms with E-state index in [9.17, 15) is 9.18 Å². The number of carbonyl (C=O) groups is 1. The highest BCUT2D eigenvalue weighted by Crippen LogP contribution is 2.27. The van der Waals surface area contributed by atoms with Crippen molar-refractivity contribution in [1.29, 1.82) is 0 Å². The molecule has 0 radical (unpaired) electrons. The lowest BCUT2D eigenvalue weighted by Crippen LogP contribution is -2.16. The van der Waals surface area contributed by atoms with E-state index in [0.717, 1.165) is 11.1 Å². The molecule has 2 rings (SSSR count). The molecule has 2 aromatic carbocycles. The maximum atomic E-state index is 13.5. The van der Waals surface area contributed by atoms with Crippen LogP contribution in [0.1, 0.15) is 36.5 Å². The average Bonchev–Trinajstić information content (AvgIpc) is 2.52. The van der Waals surface area contributed by atoms with Crippen LogP contribution < -0.4 is 4.74 Å². The quantitative estimate of drug-likeness (QED) is 0.742. The molecule has 0 fully saturated rings. The number of rotatable bonds is 6. The van der Waals surface area contributed by atoms with E-state index in [0.29, 0.717) is 17.2 Å². The minimum absolute atomic E-state index is 0.0975. The molecule has 0 amide bonds. The van der Waals surface area contributed by atoms with E-state index in [4.69, 9.17) is 9.47 Å². The van der Waals surface area contributed by atoms with Crippen molar-refractivity contribution in [3.63, 3.8) is 0 Å². The first-order chi connectivity index (χ1) is 11.0. The molecule has 122 valence electrons. The van der Waals surface area contributed by atoms with Crippen LogP contribution in [0.4, 0.5) is 4.39 Å². The zero-order chi connectivity index (χ0) is 16.8. The molecule has 0 aliphatic heterocycles. The third-order valence-electron chi connectivity index (χ3n) is 3.48. The molecule has 0 aliphatic rings. The Morgan fingerprint density at radius 3 is 2.61 bits per heavy atom. The van der Waals surface area contributed by atoms with Crippen LogP contribution in [0.2, 0.25) is 0 Å². The van der Waals surface area contributed by atoms with Gasteiger partial charge in [0.05, 0.1) is 0 Å². The smallest absolute Gasteiger partial charge is 0.344 e. The van der Waals surface area contributed by atoms with Gasteiger partial charge in [0.2, 0.25) is 0 Å². The van der Waals surface area contributed by atoms with Crippen LogP contribution >= 0.6 is 0 Å². The topological polar surface area (TPSA) is 35.5 Å². The van der Waals surface area contributed by atoms with Crippen molar-refractivity contribution in [1.82, 2.24) is 0 Å². The van der Waals surface area contributed by atoms with Crippen molar-refractivity contribution in [2.75, 3.05) is 6.61 Å². The summed E-state index contributed by atoms with van der Waals surface area (Å²) in [5.41, 5.74) is 2.45. The number of halogens is 1. The lowest BCUT2D eigenvalue weighted by Gasteiger charge is -2.14. The zero-order valence-electron chi connectivity index (χ0n) is 13.6. The van der Waals surface area contributed by atoms with E-state index in [2.05, 4.69) is 13.8 Å². The Balaban J connectivity index is 1.92. The maximum absolute atomic E-state index is 13.5. The highest BCUT2D eigenvalue weighted by atomic mass is 19.1. The molecule has 23 heavy (non-hydrogen) atoms. The van der Waals surface area contributed by atoms with Crippen molar-refractivity contribution in [3.8, 4) is 5.75 Å². The van der Waals surface area contributed by atoms with Gasteiger partial charge < -0.3 is 9.47 Å². The summed E-state index contributed by atoms with van der Waals surface area (Å²) < 4.78 is 24.1. The highest BCUT2D eigenvalue weighted by Gasteiger charge is 2.11. The first-order valence-electron chi connectivity index (χ1n) is 7.59. The number of carbonyl (C=O) groups excluding carboxylic acids is 1. The van der Waals surface area contributed by atoms with Crippen molar-refractivity contribution >= 4 is 5.97 Å². The summed E-state index contributed by atoms with van der Waals surface area (Å²) >= 11 is 0. The van der Waals surface area contributed by atoms with Gasteiger partial charge in [0.25, 0.3) is 0 Å². The molecule has 0 bridgehead atoms. The Bertz CT molecular complexity index is 680. The molecule has 0 spiro atoms. The number of hydrogen-bond acceptors (Lipinski definition) is 3. The van der Waals surface area contributed by atoms with Gasteiger partial charge in [0, 0.05) is 5.56 Å². The summed E-state index contributed by atoms with van der Waals surface area (Å²) in [7, 11) is 0. The molecule has 0 saturated carbocycles. The molecule has 0 atom stereocenters. The lowest BCUT2D eigenvalue weighted by molar-refractivity contribution is -0.147. The van der Waals surface area contributed by atoms with Crippen molar-refractivity contribution in [2.24, 2.45) is 0 Å². The van der Waals surface area contributed by atoms with Gasteiger partial charge in [-0.1, -0.05) is 44.2 Å². The van der Waals surface area contributed by atoms with Crippen molar-refractivity contribution < 1.29 is 18.7 Å². The Morgan fingerprint density at radius 2 is 1.91 bits per heavy atom. The van der Waals surface area contributed by atoms with Crippen LogP contribution in [0.25, 0.3) is 0 Å². The second-order valence-corrected chi connectivity index (χ2v) is 5.74. The Labute approximate surface area is 136 Å². The number of benzene rings is 2. The molecule has 0 unspecified atom stereocenters. The molecule has 0 aliphatic carbocycles. The fourth-order valence-corrected chi connectivity index (χ4v) is 2.20. The first-order valence-corrected chi connectivity index (χ1v) is 7.59. The summed E-state index contributed by atoms with van der Waals surface area (Å²) in [6, 6.07) is 12.1. The van der Waals surface area contributed by atoms with E-state index >= 15 is 0 Å². The molecule has 0 aromatic heterocycles. The summed E-state index contributed by atoms with van der Waals surface area (Å²) in [6.45, 7) is 5.80. The van der Waals surface area contributed by atoms with Gasteiger partial charge in [-0.05, 0) is 36.1 Å². The van der Waals surface area contributed by atoms with Crippen LogP contribution in [0.15, 0.2) is 42.5 Å². The minimum Gasteiger partial charge on any atom is -0.482 e. The van der Waals surface area contributed by atoms with E-state index in [-0.39, 0.29) is 19.0 Å². The molecule has 4 heteroatoms. The van der Waals surface area contributed by atoms with E-state index in [1.54, 1.807) is 18.2 Å². The second-order valence-electron chi connectivity index (χ2n) is 5.74. The molecule has 3 nitrogen and oxygen atoms in total. The van der Waals surface area contributed by atoms with E-state index in [1.807, 2.05) is 25.1 Å². The first kappa shape index (κ1) is 17.0. The van der Waals surface area contributed by atoms with Gasteiger partial charge in [-0.15, -0.1) is 0 Å². The minimum atomic E-state index is -0.524. The molecular weight excluding hydrogens is 295 g/mol. The summed E-state index contributed by atoms with van der Waals surface area (Å²) in [4.78, 5) is 11.8. The number of esters is 1. The van der Waals surface area contributed by atoms with Gasteiger partial charge in [0.1, 0.15) is 18.2 Å². The normalized spacial score (nSPS) is 10.7. The lowest BCUT2D eigenvalue weighted by atomic mass is 10.0. The summed E-state index contributed by atoms with van der Waals surface area (Å²) in [5, 5.41) is 0. The van der Waals surface area contributed by atoms with Crippen molar-refractivity contribution in [2.45, 2.75) is 33.3 Å². The highest BCUT2D eigenvalue weighted by molar-refractivity contribution is 5.71. The molecule has 0 saturated heterocycles. The van der Waals surface area contributed by atoms with Crippen molar-refractivity contribution in [3.05, 3.63) is 65.0 Å². The molecule has 0 N–H and O–H groups in total. The number of ether oxygens (including phenoxy) is 2. The molecule has 0 heterocycles. The third kappa shape index (κ3) is 4.81. The average molecular weight is 316 g/mol. The van der Waals surface area contributed by atoms with Crippen LogP contribution in [0.3, 0.4) is 0 Å². The van der Waals surface area contributed by atoms with Gasteiger partial charge >= 0.3 is 5.97 Å². The number of aryl methyl sites for hydroxylation is 1. The van der Waals surface area contributed by atoms with Crippen LogP contribution in [-0.4, -0.2) is 12.6 Å². The van der Waals surface area contributed by atoms with Crippen LogP contribution in [0, 0.1) is 12.7 Å². The summed E-state index contributed by atoms with van der Waals surface area (Å²) in [6.07, 6.45) is 0. The fraction of sp³-hybridized carbons (Fsp3) is 0.316. The largest absolute Gasteiger partial charge is 0.482 e. The second kappa shape index (κ2) is 7.77. The fourth-order valence-electron chi connectivity index (χ4n) is 2.20. The van der Waals surface area contributed by atoms with E-state index < -0.39 is 5.97 Å². The predicted octanol–water partition coefficient (Wildman–Crippen LogP) is 4.38. The Morgan fingerprint density at radius 1 is 1.17 bits per heavy atom. The van der Waals surface area contributed by atoms with Gasteiger partial charge in [0.15, 0.2) is 6.61 Å². The Hall–Kier alpha value is -2.36. The summed E-state index contributed by atoms with van der Waals surface area (Å²) in [5.74, 6) is 0.0642. The molecular formula is C19H21FO3. The monoisotopic (exact) mass is 316 g/mol. The third-order valence-corrected chi connectivity index (χ3v) is 3.48. The van der Waals surface area contributed by atoms with Gasteiger partial charge in [-0.2, -0.15) is 0 Å². The van der Waals surface area contributed by atoms with Gasteiger partial charge in [-0.3, -0.25) is 0 Å². The predicted molar refractivity (Wildman–Crippen MR) is 87.0 cm³/mol. The van der Waals surface area contributed by atoms with Crippen LogP contribution in [0.5, 0.6) is 5.75 Å². The van der Waals surface area contributed by atoms with Crippen LogP contribution in [-0.2, 0) is 16.1 Å². The maximum Gasteiger partial charge on any atom is 0.344 e. The van der Waals surface area contributed by atoms with E-state index in [1.165, 1.54) is 6.07 Å².